The highest BCUT2D eigenvalue weighted by Crippen LogP contribution is 2.30. The molecular formula is C13H17Cl2NO. The summed E-state index contributed by atoms with van der Waals surface area (Å²) in [5.41, 5.74) is -0.0777. The van der Waals surface area contributed by atoms with Gasteiger partial charge in [0, 0.05) is 5.56 Å². The highest BCUT2D eigenvalue weighted by atomic mass is 35.5. The third-order valence-corrected chi connectivity index (χ3v) is 4.18. The van der Waals surface area contributed by atoms with Gasteiger partial charge in [0.2, 0.25) is 0 Å². The molecule has 2 nitrogen and oxygen atoms in total. The van der Waals surface area contributed by atoms with Crippen molar-refractivity contribution in [1.82, 2.24) is 4.90 Å². The summed E-state index contributed by atoms with van der Waals surface area (Å²) in [5.74, 6) is -0.00231. The molecule has 0 spiro atoms. The van der Waals surface area contributed by atoms with Crippen LogP contribution in [0.4, 0.5) is 0 Å². The maximum atomic E-state index is 12.5. The van der Waals surface area contributed by atoms with Gasteiger partial charge in [-0.05, 0) is 39.6 Å². The molecule has 0 saturated carbocycles. The number of hydrogen-bond acceptors (Lipinski definition) is 2. The summed E-state index contributed by atoms with van der Waals surface area (Å²) in [6.45, 7) is 3.89. The minimum Gasteiger partial charge on any atom is -0.297 e. The Labute approximate surface area is 113 Å². The van der Waals surface area contributed by atoms with Crippen LogP contribution in [0.3, 0.4) is 0 Å². The third kappa shape index (κ3) is 2.65. The zero-order valence-electron chi connectivity index (χ0n) is 10.6. The molecule has 0 saturated heterocycles. The van der Waals surface area contributed by atoms with Crippen LogP contribution < -0.4 is 0 Å². The van der Waals surface area contributed by atoms with E-state index in [2.05, 4.69) is 0 Å². The van der Waals surface area contributed by atoms with Crippen LogP contribution in [0.25, 0.3) is 0 Å². The van der Waals surface area contributed by atoms with Gasteiger partial charge in [-0.15, -0.1) is 0 Å². The van der Waals surface area contributed by atoms with Crippen LogP contribution in [-0.2, 0) is 0 Å². The Morgan fingerprint density at radius 3 is 2.41 bits per heavy atom. The van der Waals surface area contributed by atoms with Crippen molar-refractivity contribution in [2.75, 3.05) is 14.1 Å². The lowest BCUT2D eigenvalue weighted by Crippen LogP contribution is -2.48. The van der Waals surface area contributed by atoms with Gasteiger partial charge in [0.05, 0.1) is 15.6 Å². The van der Waals surface area contributed by atoms with Crippen molar-refractivity contribution in [3.63, 3.8) is 0 Å². The molecule has 17 heavy (non-hydrogen) atoms. The number of hydrogen-bond donors (Lipinski definition) is 0. The van der Waals surface area contributed by atoms with Gasteiger partial charge in [0.25, 0.3) is 0 Å². The number of rotatable bonds is 4. The molecule has 0 amide bonds. The van der Waals surface area contributed by atoms with E-state index in [1.54, 1.807) is 18.2 Å². The maximum Gasteiger partial charge on any atom is 0.184 e. The molecule has 94 valence electrons. The third-order valence-electron chi connectivity index (χ3n) is 3.36. The van der Waals surface area contributed by atoms with Crippen molar-refractivity contribution in [2.45, 2.75) is 25.8 Å². The van der Waals surface area contributed by atoms with Gasteiger partial charge in [-0.3, -0.25) is 9.69 Å². The first-order chi connectivity index (χ1) is 7.84. The molecule has 1 aromatic carbocycles. The van der Waals surface area contributed by atoms with E-state index in [9.17, 15) is 4.79 Å². The smallest absolute Gasteiger partial charge is 0.184 e. The van der Waals surface area contributed by atoms with Crippen molar-refractivity contribution in [3.8, 4) is 0 Å². The highest BCUT2D eigenvalue weighted by molar-refractivity contribution is 6.44. The van der Waals surface area contributed by atoms with Gasteiger partial charge < -0.3 is 0 Å². The molecule has 0 bridgehead atoms. The van der Waals surface area contributed by atoms with Gasteiger partial charge in [-0.2, -0.15) is 0 Å². The van der Waals surface area contributed by atoms with Gasteiger partial charge >= 0.3 is 0 Å². The number of Topliss-reactive ketones (excluding diaryl/α,β-unsaturated/α-hetero) is 1. The van der Waals surface area contributed by atoms with Crippen molar-refractivity contribution in [1.29, 1.82) is 0 Å². The predicted octanol–water partition coefficient (Wildman–Crippen LogP) is 3.91. The average Bonchev–Trinajstić information content (AvgIpc) is 2.30. The fraction of sp³-hybridized carbons (Fsp3) is 0.462. The molecule has 0 radical (unpaired) electrons. The fourth-order valence-corrected chi connectivity index (χ4v) is 2.04. The lowest BCUT2D eigenvalue weighted by atomic mass is 9.87. The van der Waals surface area contributed by atoms with E-state index < -0.39 is 5.54 Å². The number of nitrogens with zero attached hydrogens (tertiary/aromatic N) is 1. The van der Waals surface area contributed by atoms with E-state index in [-0.39, 0.29) is 5.78 Å². The molecule has 4 heteroatoms. The number of carbonyl (C=O) groups is 1. The summed E-state index contributed by atoms with van der Waals surface area (Å²) < 4.78 is 0. The van der Waals surface area contributed by atoms with Crippen LogP contribution in [0.2, 0.25) is 10.0 Å². The summed E-state index contributed by atoms with van der Waals surface area (Å²) in [4.78, 5) is 14.4. The van der Waals surface area contributed by atoms with Crippen molar-refractivity contribution in [2.24, 2.45) is 0 Å². The molecule has 0 aliphatic carbocycles. The quantitative estimate of drug-likeness (QED) is 0.776. The number of likely N-dealkylation sites (N-methyl/N-ethyl adjacent to an activating group) is 1. The Bertz CT molecular complexity index is 431. The molecule has 0 aliphatic heterocycles. The molecule has 0 fully saturated rings. The lowest BCUT2D eigenvalue weighted by Gasteiger charge is -2.34. The molecule has 1 unspecified atom stereocenters. The van der Waals surface area contributed by atoms with Crippen molar-refractivity contribution in [3.05, 3.63) is 33.8 Å². The van der Waals surface area contributed by atoms with E-state index >= 15 is 0 Å². The topological polar surface area (TPSA) is 20.3 Å². The second-order valence-electron chi connectivity index (χ2n) is 4.45. The van der Waals surface area contributed by atoms with Crippen LogP contribution in [0.5, 0.6) is 0 Å². The summed E-state index contributed by atoms with van der Waals surface area (Å²) in [5, 5.41) is 0.746. The first-order valence-electron chi connectivity index (χ1n) is 5.50. The van der Waals surface area contributed by atoms with Crippen molar-refractivity contribution >= 4 is 29.0 Å². The van der Waals surface area contributed by atoms with Crippen LogP contribution in [0.15, 0.2) is 18.2 Å². The van der Waals surface area contributed by atoms with Crippen LogP contribution in [0, 0.1) is 0 Å². The molecule has 1 atom stereocenters. The zero-order valence-corrected chi connectivity index (χ0v) is 12.1. The molecule has 0 aromatic heterocycles. The molecule has 0 aliphatic rings. The van der Waals surface area contributed by atoms with Crippen LogP contribution in [0.1, 0.15) is 30.6 Å². The maximum absolute atomic E-state index is 12.5. The molecular weight excluding hydrogens is 257 g/mol. The van der Waals surface area contributed by atoms with Gasteiger partial charge in [-0.25, -0.2) is 0 Å². The van der Waals surface area contributed by atoms with Crippen molar-refractivity contribution < 1.29 is 4.79 Å². The molecule has 0 heterocycles. The fourth-order valence-electron chi connectivity index (χ4n) is 1.65. The summed E-state index contributed by atoms with van der Waals surface area (Å²) in [6, 6.07) is 5.14. The highest BCUT2D eigenvalue weighted by Gasteiger charge is 2.35. The van der Waals surface area contributed by atoms with E-state index in [0.717, 1.165) is 0 Å². The minimum absolute atomic E-state index is 0.00231. The Morgan fingerprint density at radius 2 is 1.94 bits per heavy atom. The van der Waals surface area contributed by atoms with Crippen LogP contribution >= 0.6 is 23.2 Å². The number of carbonyl (C=O) groups excluding carboxylic acids is 1. The Morgan fingerprint density at radius 1 is 1.35 bits per heavy atom. The van der Waals surface area contributed by atoms with E-state index in [1.807, 2.05) is 32.8 Å². The Balaban J connectivity index is 3.25. The SMILES string of the molecule is CCC(C)(C(=O)c1cccc(Cl)c1Cl)N(C)C. The number of halogens is 2. The Hall–Kier alpha value is -0.570. The molecule has 1 rings (SSSR count). The summed E-state index contributed by atoms with van der Waals surface area (Å²) in [6.07, 6.45) is 0.710. The molecule has 1 aromatic rings. The zero-order chi connectivity index (χ0) is 13.2. The second kappa shape index (κ2) is 5.38. The van der Waals surface area contributed by atoms with E-state index in [0.29, 0.717) is 22.0 Å². The summed E-state index contributed by atoms with van der Waals surface area (Å²) >= 11 is 12.0. The molecule has 0 N–H and O–H groups in total. The standard InChI is InChI=1S/C13H17Cl2NO/c1-5-13(2,16(3)4)12(17)9-7-6-8-10(14)11(9)15/h6-8H,5H2,1-4H3. The van der Waals surface area contributed by atoms with Gasteiger partial charge in [0.15, 0.2) is 5.78 Å². The second-order valence-corrected chi connectivity index (χ2v) is 5.24. The van der Waals surface area contributed by atoms with Crippen LogP contribution in [-0.4, -0.2) is 30.3 Å². The lowest BCUT2D eigenvalue weighted by molar-refractivity contribution is 0.0711. The first-order valence-corrected chi connectivity index (χ1v) is 6.26. The normalized spacial score (nSPS) is 14.8. The largest absolute Gasteiger partial charge is 0.297 e. The van der Waals surface area contributed by atoms with E-state index in [4.69, 9.17) is 23.2 Å². The number of benzene rings is 1. The summed E-state index contributed by atoms with van der Waals surface area (Å²) in [7, 11) is 3.78. The average molecular weight is 274 g/mol. The predicted molar refractivity (Wildman–Crippen MR) is 73.2 cm³/mol. The van der Waals surface area contributed by atoms with Gasteiger partial charge in [-0.1, -0.05) is 36.2 Å². The minimum atomic E-state index is -0.561. The number of ketones is 1. The monoisotopic (exact) mass is 273 g/mol. The Kier molecular flexibility index (Phi) is 4.59. The van der Waals surface area contributed by atoms with Gasteiger partial charge in [0.1, 0.15) is 0 Å². The first kappa shape index (κ1) is 14.5. The van der Waals surface area contributed by atoms with E-state index in [1.165, 1.54) is 0 Å².